The Bertz CT molecular complexity index is 161. The van der Waals surface area contributed by atoms with Crippen molar-refractivity contribution in [1.29, 1.82) is 0 Å². The first-order valence-corrected chi connectivity index (χ1v) is 11.7. The highest BCUT2D eigenvalue weighted by atomic mass is 31.1. The molecule has 0 spiro atoms. The molecule has 2 saturated heterocycles. The highest BCUT2D eigenvalue weighted by Gasteiger charge is 2.14. The second-order valence-corrected chi connectivity index (χ2v) is 11.2. The van der Waals surface area contributed by atoms with Crippen LogP contribution in [-0.2, 0) is 0 Å². The van der Waals surface area contributed by atoms with E-state index in [0.717, 1.165) is 0 Å². The standard InChI is InChI=1S/C15H30P2/c1(2-4-10-16-12-6-7-13-16)3-5-11-17-14-8-9-15-17/h1-15H2. The normalized spacial score (nSPS) is 22.6. The van der Waals surface area contributed by atoms with E-state index in [1.54, 1.807) is 75.5 Å². The van der Waals surface area contributed by atoms with Gasteiger partial charge in [-0.3, -0.25) is 0 Å². The van der Waals surface area contributed by atoms with E-state index in [1.165, 1.54) is 19.3 Å². The lowest BCUT2D eigenvalue weighted by Crippen LogP contribution is -1.89. The van der Waals surface area contributed by atoms with Crippen LogP contribution in [0.25, 0.3) is 0 Å². The summed E-state index contributed by atoms with van der Waals surface area (Å²) in [5.74, 6) is 0. The third-order valence-electron chi connectivity index (χ3n) is 4.35. The Morgan fingerprint density at radius 3 is 1.24 bits per heavy atom. The molecule has 2 fully saturated rings. The minimum absolute atomic E-state index is 0.526. The van der Waals surface area contributed by atoms with E-state index in [0.29, 0.717) is 15.8 Å². The van der Waals surface area contributed by atoms with E-state index < -0.39 is 0 Å². The molecule has 0 bridgehead atoms. The summed E-state index contributed by atoms with van der Waals surface area (Å²) < 4.78 is 0. The molecule has 2 heteroatoms. The molecule has 0 aromatic rings. The zero-order chi connectivity index (χ0) is 11.8. The van der Waals surface area contributed by atoms with Gasteiger partial charge in [0.15, 0.2) is 0 Å². The molecule has 0 saturated carbocycles. The van der Waals surface area contributed by atoms with Gasteiger partial charge in [-0.2, -0.15) is 0 Å². The maximum Gasteiger partial charge on any atom is -0.0326 e. The maximum atomic E-state index is 1.61. The van der Waals surface area contributed by atoms with Crippen molar-refractivity contribution in [2.45, 2.75) is 57.8 Å². The lowest BCUT2D eigenvalue weighted by atomic mass is 10.2. The summed E-state index contributed by atoms with van der Waals surface area (Å²) in [5, 5.41) is 0. The Labute approximate surface area is 111 Å². The quantitative estimate of drug-likeness (QED) is 0.405. The minimum Gasteiger partial charge on any atom is -0.107 e. The first kappa shape index (κ1) is 14.3. The summed E-state index contributed by atoms with van der Waals surface area (Å²) in [6, 6.07) is 0. The summed E-state index contributed by atoms with van der Waals surface area (Å²) in [6.45, 7) is 0. The van der Waals surface area contributed by atoms with Crippen LogP contribution in [0.1, 0.15) is 57.8 Å². The Balaban J connectivity index is 1.33. The van der Waals surface area contributed by atoms with Crippen molar-refractivity contribution in [3.63, 3.8) is 0 Å². The minimum atomic E-state index is 0.526. The molecule has 100 valence electrons. The number of hydrogen-bond acceptors (Lipinski definition) is 0. The van der Waals surface area contributed by atoms with Crippen molar-refractivity contribution < 1.29 is 0 Å². The smallest absolute Gasteiger partial charge is 0.0326 e. The Kier molecular flexibility index (Phi) is 7.45. The molecule has 2 aliphatic heterocycles. The van der Waals surface area contributed by atoms with Crippen LogP contribution < -0.4 is 0 Å². The fourth-order valence-corrected chi connectivity index (χ4v) is 8.58. The Morgan fingerprint density at radius 2 is 0.824 bits per heavy atom. The molecule has 2 rings (SSSR count). The van der Waals surface area contributed by atoms with Crippen LogP contribution in [0.2, 0.25) is 0 Å². The van der Waals surface area contributed by atoms with E-state index in [-0.39, 0.29) is 0 Å². The molecule has 0 radical (unpaired) electrons. The fourth-order valence-electron chi connectivity index (χ4n) is 3.21. The second kappa shape index (κ2) is 8.87. The summed E-state index contributed by atoms with van der Waals surface area (Å²) in [4.78, 5) is 0. The van der Waals surface area contributed by atoms with Gasteiger partial charge < -0.3 is 0 Å². The third-order valence-corrected chi connectivity index (χ3v) is 10.0. The van der Waals surface area contributed by atoms with Crippen LogP contribution in [-0.4, -0.2) is 37.0 Å². The van der Waals surface area contributed by atoms with Crippen molar-refractivity contribution in [3.05, 3.63) is 0 Å². The van der Waals surface area contributed by atoms with Crippen molar-refractivity contribution in [2.75, 3.05) is 37.0 Å². The van der Waals surface area contributed by atoms with Gasteiger partial charge in [-0.05, 0) is 75.5 Å². The monoisotopic (exact) mass is 272 g/mol. The zero-order valence-electron chi connectivity index (χ0n) is 11.5. The van der Waals surface area contributed by atoms with Gasteiger partial charge in [0.25, 0.3) is 0 Å². The van der Waals surface area contributed by atoms with Gasteiger partial charge in [0.05, 0.1) is 0 Å². The summed E-state index contributed by atoms with van der Waals surface area (Å²) in [7, 11) is 1.05. The first-order chi connectivity index (χ1) is 8.45. The van der Waals surface area contributed by atoms with E-state index in [1.807, 2.05) is 0 Å². The van der Waals surface area contributed by atoms with Crippen molar-refractivity contribution in [1.82, 2.24) is 0 Å². The van der Waals surface area contributed by atoms with Crippen molar-refractivity contribution in [2.24, 2.45) is 0 Å². The molecular weight excluding hydrogens is 242 g/mol. The van der Waals surface area contributed by atoms with Crippen LogP contribution >= 0.6 is 15.8 Å². The lowest BCUT2D eigenvalue weighted by molar-refractivity contribution is 0.660. The van der Waals surface area contributed by atoms with E-state index in [4.69, 9.17) is 0 Å². The molecule has 0 unspecified atom stereocenters. The van der Waals surface area contributed by atoms with Crippen LogP contribution in [0.5, 0.6) is 0 Å². The lowest BCUT2D eigenvalue weighted by Gasteiger charge is -2.10. The Morgan fingerprint density at radius 1 is 0.471 bits per heavy atom. The summed E-state index contributed by atoms with van der Waals surface area (Å²) >= 11 is 0. The van der Waals surface area contributed by atoms with Gasteiger partial charge in [0.2, 0.25) is 0 Å². The van der Waals surface area contributed by atoms with Gasteiger partial charge in [0, 0.05) is 0 Å². The van der Waals surface area contributed by atoms with Crippen molar-refractivity contribution in [3.8, 4) is 0 Å². The molecule has 0 nitrogen and oxygen atoms in total. The largest absolute Gasteiger partial charge is 0.107 e. The number of unbranched alkanes of at least 4 members (excludes halogenated alkanes) is 4. The van der Waals surface area contributed by atoms with E-state index in [9.17, 15) is 0 Å². The second-order valence-electron chi connectivity index (χ2n) is 5.87. The molecule has 17 heavy (non-hydrogen) atoms. The maximum absolute atomic E-state index is 1.61. The third kappa shape index (κ3) is 6.02. The number of hydrogen-bond donors (Lipinski definition) is 0. The molecule has 0 atom stereocenters. The predicted octanol–water partition coefficient (Wildman–Crippen LogP) is 5.49. The van der Waals surface area contributed by atoms with Gasteiger partial charge in [-0.25, -0.2) is 0 Å². The van der Waals surface area contributed by atoms with Gasteiger partial charge in [-0.1, -0.05) is 19.3 Å². The van der Waals surface area contributed by atoms with Crippen molar-refractivity contribution >= 4 is 15.8 Å². The van der Waals surface area contributed by atoms with E-state index >= 15 is 0 Å². The van der Waals surface area contributed by atoms with E-state index in [2.05, 4.69) is 0 Å². The first-order valence-electron chi connectivity index (χ1n) is 7.90. The SMILES string of the molecule is C(CCCP1CCCC1)CCCP1CCCC1. The average Bonchev–Trinajstić information content (AvgIpc) is 3.00. The zero-order valence-corrected chi connectivity index (χ0v) is 13.3. The molecular formula is C15H30P2. The van der Waals surface area contributed by atoms with Gasteiger partial charge >= 0.3 is 0 Å². The van der Waals surface area contributed by atoms with Gasteiger partial charge in [-0.15, -0.1) is 15.8 Å². The van der Waals surface area contributed by atoms with Crippen LogP contribution in [0, 0.1) is 0 Å². The highest BCUT2D eigenvalue weighted by Crippen LogP contribution is 2.44. The molecule has 0 amide bonds. The Hall–Kier alpha value is 0.860. The molecule has 0 aliphatic carbocycles. The summed E-state index contributed by atoms with van der Waals surface area (Å²) in [6.07, 6.45) is 23.6. The van der Waals surface area contributed by atoms with Crippen LogP contribution in [0.15, 0.2) is 0 Å². The molecule has 0 N–H and O–H groups in total. The molecule has 2 heterocycles. The topological polar surface area (TPSA) is 0 Å². The van der Waals surface area contributed by atoms with Gasteiger partial charge in [0.1, 0.15) is 0 Å². The fraction of sp³-hybridized carbons (Fsp3) is 1.00. The number of rotatable bonds is 8. The molecule has 0 aromatic heterocycles. The average molecular weight is 272 g/mol. The highest BCUT2D eigenvalue weighted by molar-refractivity contribution is 7.58. The molecule has 0 aromatic carbocycles. The predicted molar refractivity (Wildman–Crippen MR) is 84.6 cm³/mol. The van der Waals surface area contributed by atoms with Crippen LogP contribution in [0.3, 0.4) is 0 Å². The molecule has 2 aliphatic rings. The van der Waals surface area contributed by atoms with Crippen LogP contribution in [0.4, 0.5) is 0 Å². The summed E-state index contributed by atoms with van der Waals surface area (Å²) in [5.41, 5.74) is 0.